The van der Waals surface area contributed by atoms with Gasteiger partial charge in [-0.1, -0.05) is 26.0 Å². The SMILES string of the molecule is CN=C(NCC(C)(C)CCS(C)(=O)=O)N(C)Cc1ccc(C(F)(F)F)cc1. The molecule has 0 aliphatic heterocycles. The van der Waals surface area contributed by atoms with E-state index in [1.165, 1.54) is 18.4 Å². The van der Waals surface area contributed by atoms with E-state index >= 15 is 0 Å². The molecule has 0 aliphatic rings. The summed E-state index contributed by atoms with van der Waals surface area (Å²) in [6.45, 7) is 4.84. The van der Waals surface area contributed by atoms with E-state index in [-0.39, 0.29) is 11.2 Å². The summed E-state index contributed by atoms with van der Waals surface area (Å²) in [5, 5.41) is 3.20. The van der Waals surface area contributed by atoms with Crippen LogP contribution in [-0.2, 0) is 22.6 Å². The average molecular weight is 408 g/mol. The first-order chi connectivity index (χ1) is 12.2. The van der Waals surface area contributed by atoms with Gasteiger partial charge in [0.05, 0.1) is 11.3 Å². The smallest absolute Gasteiger partial charge is 0.356 e. The van der Waals surface area contributed by atoms with Crippen molar-refractivity contribution in [3.05, 3.63) is 35.4 Å². The lowest BCUT2D eigenvalue weighted by Crippen LogP contribution is -2.43. The van der Waals surface area contributed by atoms with E-state index in [1.807, 2.05) is 13.8 Å². The van der Waals surface area contributed by atoms with E-state index in [2.05, 4.69) is 10.3 Å². The molecular weight excluding hydrogens is 379 g/mol. The average Bonchev–Trinajstić information content (AvgIpc) is 2.52. The molecule has 27 heavy (non-hydrogen) atoms. The number of benzene rings is 1. The van der Waals surface area contributed by atoms with Crippen molar-refractivity contribution in [1.29, 1.82) is 0 Å². The summed E-state index contributed by atoms with van der Waals surface area (Å²) in [5.74, 6) is 0.698. The molecule has 154 valence electrons. The number of halogens is 3. The molecule has 9 heteroatoms. The fraction of sp³-hybridized carbons (Fsp3) is 0.611. The monoisotopic (exact) mass is 407 g/mol. The van der Waals surface area contributed by atoms with Crippen LogP contribution < -0.4 is 5.32 Å². The predicted octanol–water partition coefficient (Wildman–Crippen LogP) is 3.17. The molecule has 0 fully saturated rings. The highest BCUT2D eigenvalue weighted by atomic mass is 32.2. The van der Waals surface area contributed by atoms with Crippen LogP contribution in [0.1, 0.15) is 31.4 Å². The largest absolute Gasteiger partial charge is 0.416 e. The predicted molar refractivity (Wildman–Crippen MR) is 102 cm³/mol. The van der Waals surface area contributed by atoms with Gasteiger partial charge in [0.25, 0.3) is 0 Å². The summed E-state index contributed by atoms with van der Waals surface area (Å²) in [7, 11) is 0.387. The van der Waals surface area contributed by atoms with Gasteiger partial charge in [-0.3, -0.25) is 4.99 Å². The topological polar surface area (TPSA) is 61.8 Å². The van der Waals surface area contributed by atoms with Crippen molar-refractivity contribution in [1.82, 2.24) is 10.2 Å². The van der Waals surface area contributed by atoms with Crippen LogP contribution in [-0.4, -0.2) is 51.9 Å². The lowest BCUT2D eigenvalue weighted by Gasteiger charge is -2.29. The number of sulfone groups is 1. The number of nitrogens with zero attached hydrogens (tertiary/aromatic N) is 2. The molecule has 0 unspecified atom stereocenters. The maximum atomic E-state index is 12.6. The number of alkyl halides is 3. The Morgan fingerprint density at radius 2 is 1.74 bits per heavy atom. The number of hydrogen-bond acceptors (Lipinski definition) is 3. The minimum atomic E-state index is -4.35. The second-order valence-corrected chi connectivity index (χ2v) is 9.76. The Hall–Kier alpha value is -1.77. The normalized spacial score (nSPS) is 13.6. The molecular formula is C18H28F3N3O2S. The molecule has 0 saturated heterocycles. The Balaban J connectivity index is 2.65. The lowest BCUT2D eigenvalue weighted by molar-refractivity contribution is -0.137. The summed E-state index contributed by atoms with van der Waals surface area (Å²) in [4.78, 5) is 5.99. The molecule has 0 aromatic heterocycles. The van der Waals surface area contributed by atoms with Gasteiger partial charge in [-0.05, 0) is 29.5 Å². The second kappa shape index (κ2) is 8.95. The van der Waals surface area contributed by atoms with Crippen molar-refractivity contribution in [3.8, 4) is 0 Å². The van der Waals surface area contributed by atoms with E-state index in [0.29, 0.717) is 25.5 Å². The minimum Gasteiger partial charge on any atom is -0.356 e. The lowest BCUT2D eigenvalue weighted by atomic mass is 9.90. The Kier molecular flexibility index (Phi) is 7.71. The van der Waals surface area contributed by atoms with Crippen molar-refractivity contribution in [3.63, 3.8) is 0 Å². The van der Waals surface area contributed by atoms with E-state index in [9.17, 15) is 21.6 Å². The van der Waals surface area contributed by atoms with Crippen molar-refractivity contribution in [2.45, 2.75) is 33.0 Å². The van der Waals surface area contributed by atoms with Gasteiger partial charge >= 0.3 is 6.18 Å². The van der Waals surface area contributed by atoms with Gasteiger partial charge in [0, 0.05) is 33.4 Å². The maximum absolute atomic E-state index is 12.6. The third-order valence-electron chi connectivity index (χ3n) is 4.15. The van der Waals surface area contributed by atoms with Crippen LogP contribution in [0, 0.1) is 5.41 Å². The van der Waals surface area contributed by atoms with Gasteiger partial charge in [0.15, 0.2) is 5.96 Å². The number of nitrogens with one attached hydrogen (secondary N) is 1. The van der Waals surface area contributed by atoms with E-state index < -0.39 is 21.6 Å². The number of aliphatic imine (C=N–C) groups is 1. The quantitative estimate of drug-likeness (QED) is 0.557. The van der Waals surface area contributed by atoms with Gasteiger partial charge in [-0.25, -0.2) is 8.42 Å². The van der Waals surface area contributed by atoms with Crippen LogP contribution in [0.5, 0.6) is 0 Å². The highest BCUT2D eigenvalue weighted by molar-refractivity contribution is 7.90. The van der Waals surface area contributed by atoms with Crippen molar-refractivity contribution < 1.29 is 21.6 Å². The zero-order valence-electron chi connectivity index (χ0n) is 16.4. The molecule has 0 spiro atoms. The van der Waals surface area contributed by atoms with Crippen molar-refractivity contribution in [2.75, 3.05) is 32.6 Å². The van der Waals surface area contributed by atoms with Crippen LogP contribution in [0.3, 0.4) is 0 Å². The third-order valence-corrected chi connectivity index (χ3v) is 5.09. The number of guanidine groups is 1. The van der Waals surface area contributed by atoms with Gasteiger partial charge in [0.1, 0.15) is 9.84 Å². The molecule has 0 saturated carbocycles. The summed E-state index contributed by atoms with van der Waals surface area (Å²) in [5.41, 5.74) is -0.206. The molecule has 0 atom stereocenters. The van der Waals surface area contributed by atoms with Crippen LogP contribution in [0.15, 0.2) is 29.3 Å². The molecule has 1 rings (SSSR count). The summed E-state index contributed by atoms with van der Waals surface area (Å²) >= 11 is 0. The van der Waals surface area contributed by atoms with Crippen LogP contribution in [0.4, 0.5) is 13.2 Å². The zero-order valence-corrected chi connectivity index (χ0v) is 17.2. The Labute approximate surface area is 159 Å². The zero-order chi connectivity index (χ0) is 20.9. The first-order valence-electron chi connectivity index (χ1n) is 8.49. The van der Waals surface area contributed by atoms with Gasteiger partial charge < -0.3 is 10.2 Å². The Morgan fingerprint density at radius 3 is 2.19 bits per heavy atom. The highest BCUT2D eigenvalue weighted by Crippen LogP contribution is 2.29. The maximum Gasteiger partial charge on any atom is 0.416 e. The van der Waals surface area contributed by atoms with E-state index in [1.54, 1.807) is 19.0 Å². The minimum absolute atomic E-state index is 0.113. The molecule has 1 aromatic carbocycles. The van der Waals surface area contributed by atoms with Crippen LogP contribution >= 0.6 is 0 Å². The number of rotatable bonds is 7. The highest BCUT2D eigenvalue weighted by Gasteiger charge is 2.30. The fourth-order valence-corrected chi connectivity index (χ4v) is 3.32. The fourth-order valence-electron chi connectivity index (χ4n) is 2.40. The molecule has 0 heterocycles. The first-order valence-corrected chi connectivity index (χ1v) is 10.6. The van der Waals surface area contributed by atoms with E-state index in [4.69, 9.17) is 0 Å². The number of hydrogen-bond donors (Lipinski definition) is 1. The van der Waals surface area contributed by atoms with Crippen LogP contribution in [0.2, 0.25) is 0 Å². The molecule has 0 bridgehead atoms. The second-order valence-electron chi connectivity index (χ2n) is 7.50. The molecule has 1 aromatic rings. The van der Waals surface area contributed by atoms with Gasteiger partial charge in [-0.15, -0.1) is 0 Å². The Morgan fingerprint density at radius 1 is 1.19 bits per heavy atom. The first kappa shape index (κ1) is 23.3. The van der Waals surface area contributed by atoms with Gasteiger partial charge in [-0.2, -0.15) is 13.2 Å². The van der Waals surface area contributed by atoms with Crippen molar-refractivity contribution >= 4 is 15.8 Å². The summed E-state index contributed by atoms with van der Waals surface area (Å²) in [6, 6.07) is 5.02. The molecule has 0 radical (unpaired) electrons. The van der Waals surface area contributed by atoms with E-state index in [0.717, 1.165) is 17.7 Å². The Bertz CT molecular complexity index is 742. The molecule has 5 nitrogen and oxygen atoms in total. The van der Waals surface area contributed by atoms with Gasteiger partial charge in [0.2, 0.25) is 0 Å². The molecule has 1 N–H and O–H groups in total. The molecule has 0 amide bonds. The van der Waals surface area contributed by atoms with Crippen molar-refractivity contribution in [2.24, 2.45) is 10.4 Å². The summed E-state index contributed by atoms with van der Waals surface area (Å²) < 4.78 is 60.6. The third kappa shape index (κ3) is 8.64. The van der Waals surface area contributed by atoms with Crippen LogP contribution in [0.25, 0.3) is 0 Å². The standard InChI is InChI=1S/C18H28F3N3O2S/c1-17(2,10-11-27(5,25)26)13-23-16(22-3)24(4)12-14-6-8-15(9-7-14)18(19,20)21/h6-9H,10-13H2,1-5H3,(H,22,23). The molecule has 0 aliphatic carbocycles. The summed E-state index contributed by atoms with van der Waals surface area (Å²) in [6.07, 6.45) is -2.62.